The topological polar surface area (TPSA) is 102 Å². The third-order valence-electron chi connectivity index (χ3n) is 5.75. The molecule has 1 aliphatic rings. The smallest absolute Gasteiger partial charge is 0.165 e. The number of anilines is 1. The van der Waals surface area contributed by atoms with Crippen LogP contribution in [0.25, 0.3) is 33.4 Å². The van der Waals surface area contributed by atoms with Crippen LogP contribution in [0.3, 0.4) is 0 Å². The van der Waals surface area contributed by atoms with E-state index in [0.717, 1.165) is 58.0 Å². The molecule has 1 N–H and O–H groups in total. The molecule has 0 aliphatic carbocycles. The van der Waals surface area contributed by atoms with Crippen molar-refractivity contribution in [2.45, 2.75) is 39.8 Å². The molecule has 1 aromatic carbocycles. The van der Waals surface area contributed by atoms with Crippen molar-refractivity contribution in [2.75, 3.05) is 31.2 Å². The maximum absolute atomic E-state index is 10.1. The number of nitrogens with zero attached hydrogens (tertiary/aromatic N) is 6. The highest BCUT2D eigenvalue weighted by Gasteiger charge is 2.21. The average molecular weight is 449 g/mol. The minimum atomic E-state index is -0.860. The summed E-state index contributed by atoms with van der Waals surface area (Å²) in [6.45, 7) is 10.6. The summed E-state index contributed by atoms with van der Waals surface area (Å²) in [4.78, 5) is 12.1. The van der Waals surface area contributed by atoms with Crippen molar-refractivity contribution in [2.24, 2.45) is 0 Å². The zero-order chi connectivity index (χ0) is 23.2. The quantitative estimate of drug-likeness (QED) is 0.496. The lowest BCUT2D eigenvalue weighted by Crippen LogP contribution is -2.37. The Morgan fingerprint density at radius 2 is 1.88 bits per heavy atom. The van der Waals surface area contributed by atoms with Gasteiger partial charge >= 0.3 is 0 Å². The molecule has 33 heavy (non-hydrogen) atoms. The van der Waals surface area contributed by atoms with Crippen LogP contribution in [0.2, 0.25) is 0 Å². The highest BCUT2D eigenvalue weighted by Crippen LogP contribution is 2.34. The Labute approximate surface area is 192 Å². The van der Waals surface area contributed by atoms with E-state index in [4.69, 9.17) is 19.2 Å². The predicted molar refractivity (Wildman–Crippen MR) is 125 cm³/mol. The molecule has 1 fully saturated rings. The summed E-state index contributed by atoms with van der Waals surface area (Å²) in [5.74, 6) is 2.27. The lowest BCUT2D eigenvalue weighted by Gasteiger charge is -2.29. The molecule has 0 spiro atoms. The van der Waals surface area contributed by atoms with Gasteiger partial charge in [0.15, 0.2) is 5.82 Å². The molecular formula is C24H28N6O3. The van der Waals surface area contributed by atoms with E-state index in [2.05, 4.69) is 21.2 Å². The van der Waals surface area contributed by atoms with Gasteiger partial charge in [0.1, 0.15) is 11.6 Å². The van der Waals surface area contributed by atoms with Gasteiger partial charge in [0.25, 0.3) is 0 Å². The molecule has 0 atom stereocenters. The fourth-order valence-electron chi connectivity index (χ4n) is 4.27. The molecular weight excluding hydrogens is 420 g/mol. The van der Waals surface area contributed by atoms with Gasteiger partial charge in [-0.05, 0) is 45.4 Å². The molecule has 0 saturated carbocycles. The van der Waals surface area contributed by atoms with Crippen molar-refractivity contribution >= 4 is 16.7 Å². The molecule has 0 amide bonds. The number of aryl methyl sites for hydroxylation is 2. The summed E-state index contributed by atoms with van der Waals surface area (Å²) >= 11 is 0. The molecule has 0 unspecified atom stereocenters. The highest BCUT2D eigenvalue weighted by atomic mass is 16.5. The first-order valence-electron chi connectivity index (χ1n) is 11.1. The minimum absolute atomic E-state index is 0.387. The first-order valence-corrected chi connectivity index (χ1v) is 11.1. The van der Waals surface area contributed by atoms with Crippen molar-refractivity contribution in [3.63, 3.8) is 0 Å². The van der Waals surface area contributed by atoms with E-state index in [1.807, 2.05) is 32.2 Å². The summed E-state index contributed by atoms with van der Waals surface area (Å²) in [6.07, 6.45) is 3.62. The maximum atomic E-state index is 10.1. The van der Waals surface area contributed by atoms with E-state index in [9.17, 15) is 5.11 Å². The highest BCUT2D eigenvalue weighted by molar-refractivity contribution is 5.94. The number of benzene rings is 1. The Morgan fingerprint density at radius 1 is 1.09 bits per heavy atom. The van der Waals surface area contributed by atoms with Crippen LogP contribution in [0.4, 0.5) is 5.82 Å². The van der Waals surface area contributed by atoms with Crippen molar-refractivity contribution in [1.82, 2.24) is 24.9 Å². The van der Waals surface area contributed by atoms with Crippen LogP contribution < -0.4 is 4.90 Å². The van der Waals surface area contributed by atoms with Gasteiger partial charge in [-0.3, -0.25) is 4.68 Å². The van der Waals surface area contributed by atoms with E-state index >= 15 is 0 Å². The Morgan fingerprint density at radius 3 is 2.58 bits per heavy atom. The minimum Gasteiger partial charge on any atom is -0.389 e. The summed E-state index contributed by atoms with van der Waals surface area (Å²) in [5.41, 5.74) is 3.69. The first-order chi connectivity index (χ1) is 15.8. The molecule has 0 radical (unpaired) electrons. The summed E-state index contributed by atoms with van der Waals surface area (Å²) < 4.78 is 12.7. The Hall–Kier alpha value is -3.30. The van der Waals surface area contributed by atoms with Gasteiger partial charge in [-0.15, -0.1) is 0 Å². The second-order valence-corrected chi connectivity index (χ2v) is 9.14. The van der Waals surface area contributed by atoms with Crippen LogP contribution in [0.1, 0.15) is 25.3 Å². The molecule has 172 valence electrons. The van der Waals surface area contributed by atoms with Gasteiger partial charge in [0.05, 0.1) is 48.3 Å². The van der Waals surface area contributed by atoms with Gasteiger partial charge in [0.2, 0.25) is 0 Å². The SMILES string of the molecule is Cc1noc(C)c1-c1ccc2nc(-c3cnn(CC(C)(C)O)c3)nc(N3CCOCC3)c2c1. The molecule has 9 nitrogen and oxygen atoms in total. The van der Waals surface area contributed by atoms with Crippen LogP contribution in [0.5, 0.6) is 0 Å². The largest absolute Gasteiger partial charge is 0.389 e. The van der Waals surface area contributed by atoms with E-state index in [1.165, 1.54) is 0 Å². The number of hydrogen-bond donors (Lipinski definition) is 1. The summed E-state index contributed by atoms with van der Waals surface area (Å²) in [5, 5.41) is 19.6. The van der Waals surface area contributed by atoms with Gasteiger partial charge in [0, 0.05) is 30.2 Å². The van der Waals surface area contributed by atoms with E-state index in [1.54, 1.807) is 24.7 Å². The van der Waals surface area contributed by atoms with Crippen LogP contribution in [-0.4, -0.2) is 61.9 Å². The standard InChI is InChI=1S/C24H28N6O3/c1-15-21(16(2)33-28-15)17-5-6-20-19(11-17)23(29-7-9-32-10-8-29)27-22(26-20)18-12-25-30(13-18)14-24(3,4)31/h5-6,11-13,31H,7-10,14H2,1-4H3. The number of aromatic nitrogens is 5. The normalized spacial score (nSPS) is 14.9. The fourth-order valence-corrected chi connectivity index (χ4v) is 4.27. The Balaban J connectivity index is 1.63. The molecule has 1 aliphatic heterocycles. The van der Waals surface area contributed by atoms with Crippen LogP contribution in [0, 0.1) is 13.8 Å². The lowest BCUT2D eigenvalue weighted by molar-refractivity contribution is 0.0577. The first kappa shape index (κ1) is 21.5. The number of rotatable bonds is 5. The molecule has 4 aromatic rings. The van der Waals surface area contributed by atoms with Crippen LogP contribution >= 0.6 is 0 Å². The van der Waals surface area contributed by atoms with Crippen molar-refractivity contribution in [3.8, 4) is 22.5 Å². The Kier molecular flexibility index (Phi) is 5.38. The number of ether oxygens (including phenoxy) is 1. The Bertz CT molecular complexity index is 1280. The molecule has 4 heterocycles. The van der Waals surface area contributed by atoms with E-state index < -0.39 is 5.60 Å². The van der Waals surface area contributed by atoms with Gasteiger partial charge in [-0.1, -0.05) is 11.2 Å². The van der Waals surface area contributed by atoms with Gasteiger partial charge in [-0.2, -0.15) is 5.10 Å². The third-order valence-corrected chi connectivity index (χ3v) is 5.75. The molecule has 5 rings (SSSR count). The fraction of sp³-hybridized carbons (Fsp3) is 0.417. The molecule has 3 aromatic heterocycles. The lowest BCUT2D eigenvalue weighted by atomic mass is 10.0. The number of morpholine rings is 1. The van der Waals surface area contributed by atoms with Crippen molar-refractivity contribution in [3.05, 3.63) is 42.0 Å². The van der Waals surface area contributed by atoms with E-state index in [0.29, 0.717) is 25.6 Å². The summed E-state index contributed by atoms with van der Waals surface area (Å²) in [7, 11) is 0. The number of aliphatic hydroxyl groups is 1. The van der Waals surface area contributed by atoms with Gasteiger partial charge in [-0.25, -0.2) is 9.97 Å². The second-order valence-electron chi connectivity index (χ2n) is 9.14. The zero-order valence-electron chi connectivity index (χ0n) is 19.4. The summed E-state index contributed by atoms with van der Waals surface area (Å²) in [6, 6.07) is 6.19. The predicted octanol–water partition coefficient (Wildman–Crippen LogP) is 3.37. The maximum Gasteiger partial charge on any atom is 0.165 e. The van der Waals surface area contributed by atoms with Crippen LogP contribution in [0.15, 0.2) is 35.1 Å². The van der Waals surface area contributed by atoms with Crippen molar-refractivity contribution in [1.29, 1.82) is 0 Å². The van der Waals surface area contributed by atoms with Crippen molar-refractivity contribution < 1.29 is 14.4 Å². The number of fused-ring (bicyclic) bond motifs is 1. The molecule has 9 heteroatoms. The number of hydrogen-bond acceptors (Lipinski definition) is 8. The molecule has 1 saturated heterocycles. The van der Waals surface area contributed by atoms with E-state index in [-0.39, 0.29) is 0 Å². The zero-order valence-corrected chi connectivity index (χ0v) is 19.4. The monoisotopic (exact) mass is 448 g/mol. The average Bonchev–Trinajstić information content (AvgIpc) is 3.38. The second kappa shape index (κ2) is 8.24. The van der Waals surface area contributed by atoms with Crippen LogP contribution in [-0.2, 0) is 11.3 Å². The van der Waals surface area contributed by atoms with Gasteiger partial charge < -0.3 is 19.3 Å². The third kappa shape index (κ3) is 4.34. The molecule has 0 bridgehead atoms.